The number of ether oxygens (including phenoxy) is 1. The number of nitrogens with one attached hydrogen (secondary N) is 2. The third-order valence-electron chi connectivity index (χ3n) is 4.22. The molecule has 0 saturated carbocycles. The van der Waals surface area contributed by atoms with E-state index in [1.54, 1.807) is 7.05 Å². The number of aromatic nitrogens is 2. The van der Waals surface area contributed by atoms with Crippen molar-refractivity contribution >= 4 is 5.96 Å². The molecule has 2 saturated heterocycles. The Morgan fingerprint density at radius 1 is 1.48 bits per heavy atom. The van der Waals surface area contributed by atoms with Gasteiger partial charge in [-0.1, -0.05) is 0 Å². The van der Waals surface area contributed by atoms with Crippen LogP contribution in [-0.2, 0) is 17.8 Å². The third kappa shape index (κ3) is 3.95. The average Bonchev–Trinajstić information content (AvgIpc) is 3.18. The van der Waals surface area contributed by atoms with Crippen molar-refractivity contribution in [3.8, 4) is 0 Å². The molecule has 0 aliphatic carbocycles. The minimum Gasteiger partial charge on any atom is -0.373 e. The summed E-state index contributed by atoms with van der Waals surface area (Å²) in [5.41, 5.74) is 0. The van der Waals surface area contributed by atoms with Gasteiger partial charge < -0.3 is 19.9 Å². The first-order valence-corrected chi connectivity index (χ1v) is 7.64. The van der Waals surface area contributed by atoms with Crippen molar-refractivity contribution in [2.24, 2.45) is 4.99 Å². The van der Waals surface area contributed by atoms with Gasteiger partial charge in [0.15, 0.2) is 5.96 Å². The van der Waals surface area contributed by atoms with E-state index in [0.29, 0.717) is 17.9 Å². The highest BCUT2D eigenvalue weighted by Crippen LogP contribution is 2.34. The van der Waals surface area contributed by atoms with Gasteiger partial charge in [-0.25, -0.2) is 4.98 Å². The Bertz CT molecular complexity index is 571. The maximum atomic E-state index is 12.5. The van der Waals surface area contributed by atoms with E-state index in [4.69, 9.17) is 4.74 Å². The maximum Gasteiger partial charge on any atom is 0.406 e. The quantitative estimate of drug-likeness (QED) is 0.647. The lowest BCUT2D eigenvalue weighted by molar-refractivity contribution is -0.141. The van der Waals surface area contributed by atoms with Crippen LogP contribution < -0.4 is 10.6 Å². The second kappa shape index (κ2) is 6.38. The molecule has 1 aromatic rings. The molecule has 0 aromatic carbocycles. The fraction of sp³-hybridized carbons (Fsp3) is 0.714. The number of hydrogen-bond acceptors (Lipinski definition) is 3. The lowest BCUT2D eigenvalue weighted by atomic mass is 9.96. The molecule has 2 N–H and O–H groups in total. The smallest absolute Gasteiger partial charge is 0.373 e. The Morgan fingerprint density at radius 2 is 2.30 bits per heavy atom. The van der Waals surface area contributed by atoms with Gasteiger partial charge in [-0.2, -0.15) is 13.2 Å². The Balaban J connectivity index is 1.54. The Labute approximate surface area is 132 Å². The van der Waals surface area contributed by atoms with Crippen molar-refractivity contribution in [1.82, 2.24) is 20.2 Å². The first kappa shape index (κ1) is 16.1. The lowest BCUT2D eigenvalue weighted by Gasteiger charge is -2.22. The summed E-state index contributed by atoms with van der Waals surface area (Å²) in [7, 11) is 1.63. The number of halogens is 3. The number of fused-ring (bicyclic) bond motifs is 2. The van der Waals surface area contributed by atoms with Crippen molar-refractivity contribution in [2.75, 3.05) is 7.05 Å². The Morgan fingerprint density at radius 3 is 2.91 bits per heavy atom. The summed E-state index contributed by atoms with van der Waals surface area (Å²) >= 11 is 0. The zero-order chi connectivity index (χ0) is 16.4. The van der Waals surface area contributed by atoms with Gasteiger partial charge in [0.25, 0.3) is 0 Å². The molecule has 2 aliphatic rings. The van der Waals surface area contributed by atoms with Crippen LogP contribution in [0.3, 0.4) is 0 Å². The largest absolute Gasteiger partial charge is 0.406 e. The summed E-state index contributed by atoms with van der Waals surface area (Å²) in [5.74, 6) is 0.863. The van der Waals surface area contributed by atoms with E-state index in [0.717, 1.165) is 23.8 Å². The number of nitrogens with zero attached hydrogens (tertiary/aromatic N) is 3. The second-order valence-electron chi connectivity index (χ2n) is 5.87. The molecule has 3 unspecified atom stereocenters. The summed E-state index contributed by atoms with van der Waals surface area (Å²) in [6.45, 7) is -0.874. The molecule has 23 heavy (non-hydrogen) atoms. The van der Waals surface area contributed by atoms with Crippen LogP contribution in [0.1, 0.15) is 25.1 Å². The molecule has 0 amide bonds. The number of imidazole rings is 1. The second-order valence-corrected chi connectivity index (χ2v) is 5.87. The van der Waals surface area contributed by atoms with Crippen LogP contribution in [0.5, 0.6) is 0 Å². The standard InChI is InChI=1S/C14H20F3N5O/c1-18-13(21-10-6-9-2-3-11(10)23-9)20-7-12-19-4-5-22(12)8-14(15,16)17/h4-5,9-11H,2-3,6-8H2,1H3,(H2,18,20,21). The van der Waals surface area contributed by atoms with Gasteiger partial charge in [-0.05, 0) is 19.3 Å². The first-order valence-electron chi connectivity index (χ1n) is 7.64. The molecule has 2 fully saturated rings. The maximum absolute atomic E-state index is 12.5. The molecular weight excluding hydrogens is 311 g/mol. The number of aliphatic imine (C=N–C) groups is 1. The average molecular weight is 331 g/mol. The van der Waals surface area contributed by atoms with Crippen molar-refractivity contribution in [1.29, 1.82) is 0 Å². The SMILES string of the molecule is CN=C(NCc1nccn1CC(F)(F)F)NC1CC2CCC1O2. The first-order chi connectivity index (χ1) is 10.9. The zero-order valence-electron chi connectivity index (χ0n) is 12.8. The fourth-order valence-corrected chi connectivity index (χ4v) is 3.17. The number of alkyl halides is 3. The minimum absolute atomic E-state index is 0.171. The molecule has 2 aliphatic heterocycles. The van der Waals surface area contributed by atoms with Crippen LogP contribution in [0, 0.1) is 0 Å². The molecule has 0 spiro atoms. The van der Waals surface area contributed by atoms with Gasteiger partial charge in [-0.3, -0.25) is 4.99 Å². The molecular formula is C14H20F3N5O. The van der Waals surface area contributed by atoms with E-state index < -0.39 is 12.7 Å². The third-order valence-corrected chi connectivity index (χ3v) is 4.22. The van der Waals surface area contributed by atoms with Crippen LogP contribution in [0.2, 0.25) is 0 Å². The van der Waals surface area contributed by atoms with Crippen LogP contribution in [-0.4, -0.2) is 47.0 Å². The predicted molar refractivity (Wildman–Crippen MR) is 77.9 cm³/mol. The summed E-state index contributed by atoms with van der Waals surface area (Å²) in [6, 6.07) is 0.204. The zero-order valence-corrected chi connectivity index (χ0v) is 12.8. The predicted octanol–water partition coefficient (Wildman–Crippen LogP) is 1.43. The van der Waals surface area contributed by atoms with Gasteiger partial charge in [0.1, 0.15) is 12.4 Å². The monoisotopic (exact) mass is 331 g/mol. The number of hydrogen-bond donors (Lipinski definition) is 2. The van der Waals surface area contributed by atoms with E-state index in [9.17, 15) is 13.2 Å². The molecule has 128 valence electrons. The van der Waals surface area contributed by atoms with Crippen LogP contribution in [0.15, 0.2) is 17.4 Å². The summed E-state index contributed by atoms with van der Waals surface area (Å²) in [4.78, 5) is 8.09. The summed E-state index contributed by atoms with van der Waals surface area (Å²) in [6.07, 6.45) is 2.02. The highest BCUT2D eigenvalue weighted by Gasteiger charge is 2.41. The van der Waals surface area contributed by atoms with Crippen molar-refractivity contribution in [2.45, 2.75) is 56.8 Å². The van der Waals surface area contributed by atoms with E-state index >= 15 is 0 Å². The normalized spacial score (nSPS) is 27.5. The van der Waals surface area contributed by atoms with Gasteiger partial charge in [0, 0.05) is 19.4 Å². The highest BCUT2D eigenvalue weighted by atomic mass is 19.4. The molecule has 0 radical (unpaired) electrons. The summed E-state index contributed by atoms with van der Waals surface area (Å²) < 4.78 is 44.4. The van der Waals surface area contributed by atoms with Gasteiger partial charge in [-0.15, -0.1) is 0 Å². The summed E-state index contributed by atoms with van der Waals surface area (Å²) in [5, 5.41) is 6.30. The molecule has 1 aromatic heterocycles. The highest BCUT2D eigenvalue weighted by molar-refractivity contribution is 5.80. The van der Waals surface area contributed by atoms with Crippen LogP contribution in [0.4, 0.5) is 13.2 Å². The van der Waals surface area contributed by atoms with Gasteiger partial charge in [0.2, 0.25) is 0 Å². The molecule has 3 heterocycles. The van der Waals surface area contributed by atoms with Crippen LogP contribution >= 0.6 is 0 Å². The Hall–Kier alpha value is -1.77. The molecule has 9 heteroatoms. The molecule has 3 atom stereocenters. The number of rotatable bonds is 4. The van der Waals surface area contributed by atoms with E-state index in [1.807, 2.05) is 0 Å². The molecule has 6 nitrogen and oxygen atoms in total. The minimum atomic E-state index is -4.27. The van der Waals surface area contributed by atoms with Crippen molar-refractivity contribution in [3.63, 3.8) is 0 Å². The number of guanidine groups is 1. The van der Waals surface area contributed by atoms with E-state index in [2.05, 4.69) is 20.6 Å². The van der Waals surface area contributed by atoms with Gasteiger partial charge >= 0.3 is 6.18 Å². The van der Waals surface area contributed by atoms with Crippen molar-refractivity contribution in [3.05, 3.63) is 18.2 Å². The topological polar surface area (TPSA) is 63.5 Å². The Kier molecular flexibility index (Phi) is 4.47. The van der Waals surface area contributed by atoms with E-state index in [-0.39, 0.29) is 18.7 Å². The molecule has 2 bridgehead atoms. The van der Waals surface area contributed by atoms with Crippen molar-refractivity contribution < 1.29 is 17.9 Å². The lowest BCUT2D eigenvalue weighted by Crippen LogP contribution is -2.47. The van der Waals surface area contributed by atoms with Crippen LogP contribution in [0.25, 0.3) is 0 Å². The van der Waals surface area contributed by atoms with Gasteiger partial charge in [0.05, 0.1) is 24.8 Å². The van der Waals surface area contributed by atoms with E-state index in [1.165, 1.54) is 12.4 Å². The molecule has 3 rings (SSSR count). The fourth-order valence-electron chi connectivity index (χ4n) is 3.17.